The Labute approximate surface area is 153 Å². The zero-order valence-electron chi connectivity index (χ0n) is 14.1. The molecule has 0 saturated carbocycles. The number of hydrogen-bond acceptors (Lipinski definition) is 5. The molecule has 0 spiro atoms. The van der Waals surface area contributed by atoms with Gasteiger partial charge in [0, 0.05) is 5.69 Å². The highest BCUT2D eigenvalue weighted by Gasteiger charge is 2.12. The topological polar surface area (TPSA) is 76.4 Å². The average Bonchev–Trinajstić information content (AvgIpc) is 3.14. The Hall–Kier alpha value is -2.05. The third-order valence-electron chi connectivity index (χ3n) is 4.33. The number of nitrogens with one attached hydrogen (secondary N) is 2. The van der Waals surface area contributed by atoms with E-state index in [2.05, 4.69) is 27.8 Å². The van der Waals surface area contributed by atoms with Crippen LogP contribution in [0.2, 0.25) is 0 Å². The second-order valence-electron chi connectivity index (χ2n) is 6.10. The molecular weight excluding hydrogens is 342 g/mol. The molecule has 2 heterocycles. The summed E-state index contributed by atoms with van der Waals surface area (Å²) in [5.74, 6) is 1.34. The van der Waals surface area contributed by atoms with Crippen molar-refractivity contribution in [3.8, 4) is 0 Å². The molecule has 2 aromatic rings. The van der Waals surface area contributed by atoms with Crippen LogP contribution in [-0.4, -0.2) is 24.2 Å². The molecular formula is C18H24ClN3O3. The summed E-state index contributed by atoms with van der Waals surface area (Å²) in [6.07, 6.45) is 7.18. The number of anilines is 1. The van der Waals surface area contributed by atoms with E-state index in [1.807, 2.05) is 12.1 Å². The van der Waals surface area contributed by atoms with Crippen LogP contribution in [0.1, 0.15) is 30.6 Å². The molecule has 0 unspecified atom stereocenters. The summed E-state index contributed by atoms with van der Waals surface area (Å²) in [6.45, 7) is 2.35. The van der Waals surface area contributed by atoms with Gasteiger partial charge in [-0.2, -0.15) is 0 Å². The lowest BCUT2D eigenvalue weighted by atomic mass is 9.91. The van der Waals surface area contributed by atoms with Crippen molar-refractivity contribution in [2.75, 3.05) is 18.4 Å². The lowest BCUT2D eigenvalue weighted by Gasteiger charge is -2.22. The molecule has 6 nitrogen and oxygen atoms in total. The molecule has 1 aromatic carbocycles. The minimum Gasteiger partial charge on any atom is -0.445 e. The van der Waals surface area contributed by atoms with Gasteiger partial charge in [-0.1, -0.05) is 12.1 Å². The van der Waals surface area contributed by atoms with E-state index in [0.717, 1.165) is 31.1 Å². The first-order chi connectivity index (χ1) is 11.8. The molecule has 3 rings (SSSR count). The molecule has 0 atom stereocenters. The van der Waals surface area contributed by atoms with E-state index < -0.39 is 6.09 Å². The first-order valence-electron chi connectivity index (χ1n) is 8.40. The van der Waals surface area contributed by atoms with E-state index in [9.17, 15) is 4.79 Å². The van der Waals surface area contributed by atoms with E-state index in [1.54, 1.807) is 0 Å². The monoisotopic (exact) mass is 365 g/mol. The SMILES string of the molecule is Cl.O=C(Nc1ccc(CCC2CCNCC2)cc1)OCc1cnco1. The molecule has 136 valence electrons. The molecule has 1 aliphatic heterocycles. The standard InChI is InChI=1S/C18H23N3O3.ClH/c22-18(23-12-17-11-20-13-24-17)21-16-5-3-14(4-6-16)1-2-15-7-9-19-10-8-15;/h3-6,11,13,15,19H,1-2,7-10,12H2,(H,21,22);1H. The van der Waals surface area contributed by atoms with Gasteiger partial charge in [0.05, 0.1) is 6.20 Å². The lowest BCUT2D eigenvalue weighted by Crippen LogP contribution is -2.27. The summed E-state index contributed by atoms with van der Waals surface area (Å²) in [6, 6.07) is 7.95. The highest BCUT2D eigenvalue weighted by Crippen LogP contribution is 2.19. The summed E-state index contributed by atoms with van der Waals surface area (Å²) in [5, 5.41) is 6.10. The number of hydrogen-bond donors (Lipinski definition) is 2. The maximum atomic E-state index is 11.7. The first-order valence-corrected chi connectivity index (χ1v) is 8.40. The van der Waals surface area contributed by atoms with Crippen molar-refractivity contribution in [1.82, 2.24) is 10.3 Å². The van der Waals surface area contributed by atoms with Crippen molar-refractivity contribution in [2.24, 2.45) is 5.92 Å². The zero-order chi connectivity index (χ0) is 16.6. The summed E-state index contributed by atoms with van der Waals surface area (Å²) in [7, 11) is 0. The van der Waals surface area contributed by atoms with Gasteiger partial charge in [0.25, 0.3) is 0 Å². The van der Waals surface area contributed by atoms with E-state index >= 15 is 0 Å². The fourth-order valence-electron chi connectivity index (χ4n) is 2.90. The number of piperidine rings is 1. The Bertz CT molecular complexity index is 626. The molecule has 0 radical (unpaired) electrons. The van der Waals surface area contributed by atoms with Crippen molar-refractivity contribution in [1.29, 1.82) is 0 Å². The van der Waals surface area contributed by atoms with Crippen molar-refractivity contribution < 1.29 is 13.9 Å². The fraction of sp³-hybridized carbons (Fsp3) is 0.444. The van der Waals surface area contributed by atoms with Crippen LogP contribution in [0.5, 0.6) is 0 Å². The van der Waals surface area contributed by atoms with Gasteiger partial charge in [-0.15, -0.1) is 12.4 Å². The second-order valence-corrected chi connectivity index (χ2v) is 6.10. The van der Waals surface area contributed by atoms with Crippen LogP contribution in [0.4, 0.5) is 10.5 Å². The van der Waals surface area contributed by atoms with Crippen LogP contribution in [0, 0.1) is 5.92 Å². The van der Waals surface area contributed by atoms with Crippen LogP contribution in [0.15, 0.2) is 41.3 Å². The Kier molecular flexibility index (Phi) is 7.76. The van der Waals surface area contributed by atoms with Crippen LogP contribution in [0.25, 0.3) is 0 Å². The van der Waals surface area contributed by atoms with Crippen molar-refractivity contribution in [3.05, 3.63) is 48.2 Å². The molecule has 7 heteroatoms. The Morgan fingerprint density at radius 3 is 2.72 bits per heavy atom. The van der Waals surface area contributed by atoms with Gasteiger partial charge in [0.2, 0.25) is 0 Å². The molecule has 0 aliphatic carbocycles. The quantitative estimate of drug-likeness (QED) is 0.814. The van der Waals surface area contributed by atoms with Crippen LogP contribution in [-0.2, 0) is 17.8 Å². The number of amides is 1. The van der Waals surface area contributed by atoms with E-state index in [0.29, 0.717) is 5.76 Å². The number of aromatic nitrogens is 1. The highest BCUT2D eigenvalue weighted by atomic mass is 35.5. The minimum atomic E-state index is -0.506. The highest BCUT2D eigenvalue weighted by molar-refractivity contribution is 5.85. The number of carbonyl (C=O) groups is 1. The fourth-order valence-corrected chi connectivity index (χ4v) is 2.90. The number of rotatable bonds is 6. The first kappa shape index (κ1) is 19.3. The third kappa shape index (κ3) is 6.40. The number of oxazole rings is 1. The smallest absolute Gasteiger partial charge is 0.412 e. The summed E-state index contributed by atoms with van der Waals surface area (Å²) in [5.41, 5.74) is 2.03. The van der Waals surface area contributed by atoms with Gasteiger partial charge < -0.3 is 14.5 Å². The number of benzene rings is 1. The maximum Gasteiger partial charge on any atom is 0.412 e. The van der Waals surface area contributed by atoms with Crippen LogP contribution < -0.4 is 10.6 Å². The maximum absolute atomic E-state index is 11.7. The summed E-state index contributed by atoms with van der Waals surface area (Å²) < 4.78 is 10.1. The minimum absolute atomic E-state index is 0. The second kappa shape index (κ2) is 10.1. The van der Waals surface area contributed by atoms with E-state index in [4.69, 9.17) is 9.15 Å². The van der Waals surface area contributed by atoms with E-state index in [-0.39, 0.29) is 19.0 Å². The number of aryl methyl sites for hydroxylation is 1. The van der Waals surface area contributed by atoms with Gasteiger partial charge in [-0.3, -0.25) is 5.32 Å². The molecule has 2 N–H and O–H groups in total. The predicted molar refractivity (Wildman–Crippen MR) is 97.9 cm³/mol. The predicted octanol–water partition coefficient (Wildman–Crippen LogP) is 3.78. The Morgan fingerprint density at radius 2 is 2.04 bits per heavy atom. The zero-order valence-corrected chi connectivity index (χ0v) is 14.9. The molecule has 25 heavy (non-hydrogen) atoms. The molecule has 1 amide bonds. The Balaban J connectivity index is 0.00000225. The molecule has 0 bridgehead atoms. The lowest BCUT2D eigenvalue weighted by molar-refractivity contribution is 0.146. The number of ether oxygens (including phenoxy) is 1. The number of nitrogens with zero attached hydrogens (tertiary/aromatic N) is 1. The van der Waals surface area contributed by atoms with Crippen LogP contribution in [0.3, 0.4) is 0 Å². The van der Waals surface area contributed by atoms with Gasteiger partial charge in [-0.25, -0.2) is 9.78 Å². The van der Waals surface area contributed by atoms with Gasteiger partial charge in [0.15, 0.2) is 18.8 Å². The number of halogens is 1. The normalized spacial score (nSPS) is 14.6. The summed E-state index contributed by atoms with van der Waals surface area (Å²) in [4.78, 5) is 15.5. The van der Waals surface area contributed by atoms with Gasteiger partial charge in [-0.05, 0) is 62.4 Å². The molecule has 1 saturated heterocycles. The van der Waals surface area contributed by atoms with Gasteiger partial charge in [0.1, 0.15) is 0 Å². The van der Waals surface area contributed by atoms with Crippen molar-refractivity contribution in [3.63, 3.8) is 0 Å². The Morgan fingerprint density at radius 1 is 1.28 bits per heavy atom. The van der Waals surface area contributed by atoms with Crippen molar-refractivity contribution >= 4 is 24.2 Å². The van der Waals surface area contributed by atoms with Gasteiger partial charge >= 0.3 is 6.09 Å². The van der Waals surface area contributed by atoms with Crippen LogP contribution >= 0.6 is 12.4 Å². The largest absolute Gasteiger partial charge is 0.445 e. The van der Waals surface area contributed by atoms with Crippen molar-refractivity contribution in [2.45, 2.75) is 32.3 Å². The average molecular weight is 366 g/mol. The van der Waals surface area contributed by atoms with E-state index in [1.165, 1.54) is 37.4 Å². The summed E-state index contributed by atoms with van der Waals surface area (Å²) >= 11 is 0. The number of carbonyl (C=O) groups excluding carboxylic acids is 1. The molecule has 1 aromatic heterocycles. The molecule has 1 aliphatic rings. The third-order valence-corrected chi connectivity index (χ3v) is 4.33. The molecule has 1 fully saturated rings.